The van der Waals surface area contributed by atoms with Crippen molar-refractivity contribution in [2.75, 3.05) is 32.7 Å². The van der Waals surface area contributed by atoms with E-state index in [4.69, 9.17) is 4.74 Å². The summed E-state index contributed by atoms with van der Waals surface area (Å²) in [5.74, 6) is 0.266. The van der Waals surface area contributed by atoms with E-state index in [0.717, 1.165) is 71.2 Å². The molecule has 0 radical (unpaired) electrons. The molecule has 1 atom stereocenters. The Bertz CT molecular complexity index is 735. The number of nitrogens with zero attached hydrogens (tertiary/aromatic N) is 3. The molecule has 3 saturated heterocycles. The zero-order valence-electron chi connectivity index (χ0n) is 18.9. The fourth-order valence-electron chi connectivity index (χ4n) is 6.44. The van der Waals surface area contributed by atoms with Crippen molar-refractivity contribution in [3.63, 3.8) is 0 Å². The van der Waals surface area contributed by atoms with Crippen molar-refractivity contribution in [3.8, 4) is 0 Å². The second-order valence-electron chi connectivity index (χ2n) is 10.2. The number of pyridine rings is 1. The molecule has 1 aliphatic carbocycles. The summed E-state index contributed by atoms with van der Waals surface area (Å²) in [6.07, 6.45) is 15.3. The maximum atomic E-state index is 13.3. The lowest BCUT2D eigenvalue weighted by molar-refractivity contribution is -0.134. The molecule has 6 heteroatoms. The van der Waals surface area contributed by atoms with Crippen molar-refractivity contribution < 1.29 is 9.53 Å². The van der Waals surface area contributed by atoms with Gasteiger partial charge < -0.3 is 10.1 Å². The zero-order valence-corrected chi connectivity index (χ0v) is 18.9. The van der Waals surface area contributed by atoms with Gasteiger partial charge in [-0.3, -0.25) is 19.6 Å². The van der Waals surface area contributed by atoms with Crippen LogP contribution in [0, 0.1) is 0 Å². The molecular formula is C25H38N4O2. The third-order valence-electron chi connectivity index (χ3n) is 8.29. The standard InChI is InChI=1S/C25H38N4O2/c30-23(25(8-1-2-9-25)29-14-3-4-15-29)27-19-22-7-10-24(31-22)11-16-28(17-12-24)20-21-6-5-13-26-18-21/h5-6,13,18,22H,1-4,7-12,14-17,19-20H2,(H,27,30). The highest BCUT2D eigenvalue weighted by Gasteiger charge is 2.47. The van der Waals surface area contributed by atoms with Gasteiger partial charge in [0.1, 0.15) is 5.54 Å². The molecule has 6 nitrogen and oxygen atoms in total. The van der Waals surface area contributed by atoms with Crippen LogP contribution >= 0.6 is 0 Å². The number of ether oxygens (including phenoxy) is 1. The number of aromatic nitrogens is 1. The van der Waals surface area contributed by atoms with Gasteiger partial charge in [0.25, 0.3) is 0 Å². The predicted octanol–water partition coefficient (Wildman–Crippen LogP) is 3.12. The van der Waals surface area contributed by atoms with Gasteiger partial charge in [0.05, 0.1) is 11.7 Å². The molecule has 1 N–H and O–H groups in total. The average Bonchev–Trinajstić information content (AvgIpc) is 3.56. The minimum absolute atomic E-state index is 0.0286. The molecule has 3 aliphatic heterocycles. The second-order valence-corrected chi connectivity index (χ2v) is 10.2. The molecular weight excluding hydrogens is 388 g/mol. The summed E-state index contributed by atoms with van der Waals surface area (Å²) in [5, 5.41) is 3.32. The maximum Gasteiger partial charge on any atom is 0.240 e. The van der Waals surface area contributed by atoms with Crippen molar-refractivity contribution in [1.82, 2.24) is 20.1 Å². The van der Waals surface area contributed by atoms with Crippen LogP contribution in [-0.2, 0) is 16.1 Å². The molecule has 1 spiro atoms. The smallest absolute Gasteiger partial charge is 0.240 e. The average molecular weight is 427 g/mol. The molecule has 4 fully saturated rings. The predicted molar refractivity (Wildman–Crippen MR) is 121 cm³/mol. The molecule has 170 valence electrons. The first-order valence-electron chi connectivity index (χ1n) is 12.5. The molecule has 1 aromatic heterocycles. The summed E-state index contributed by atoms with van der Waals surface area (Å²) in [4.78, 5) is 22.5. The lowest BCUT2D eigenvalue weighted by Crippen LogP contribution is -2.57. The van der Waals surface area contributed by atoms with E-state index in [9.17, 15) is 4.79 Å². The van der Waals surface area contributed by atoms with Gasteiger partial charge in [-0.2, -0.15) is 0 Å². The molecule has 31 heavy (non-hydrogen) atoms. The highest BCUT2D eigenvalue weighted by molar-refractivity contribution is 5.86. The Hall–Kier alpha value is -1.50. The lowest BCUT2D eigenvalue weighted by atomic mass is 9.88. The number of carbonyl (C=O) groups is 1. The lowest BCUT2D eigenvalue weighted by Gasteiger charge is -2.39. The topological polar surface area (TPSA) is 57.7 Å². The van der Waals surface area contributed by atoms with Crippen LogP contribution < -0.4 is 5.32 Å². The Morgan fingerprint density at radius 2 is 1.84 bits per heavy atom. The summed E-state index contributed by atoms with van der Waals surface area (Å²) in [7, 11) is 0. The first kappa shape index (κ1) is 21.4. The van der Waals surface area contributed by atoms with Crippen molar-refractivity contribution in [2.24, 2.45) is 0 Å². The molecule has 0 bridgehead atoms. The van der Waals surface area contributed by atoms with Crippen LogP contribution in [-0.4, -0.2) is 70.7 Å². The van der Waals surface area contributed by atoms with Crippen molar-refractivity contribution in [3.05, 3.63) is 30.1 Å². The molecule has 1 saturated carbocycles. The van der Waals surface area contributed by atoms with E-state index in [2.05, 4.69) is 26.2 Å². The van der Waals surface area contributed by atoms with Crippen molar-refractivity contribution >= 4 is 5.91 Å². The fourth-order valence-corrected chi connectivity index (χ4v) is 6.44. The third-order valence-corrected chi connectivity index (χ3v) is 8.29. The number of likely N-dealkylation sites (tertiary alicyclic amines) is 2. The molecule has 1 amide bonds. The van der Waals surface area contributed by atoms with Crippen molar-refractivity contribution in [2.45, 2.75) is 88.0 Å². The van der Waals surface area contributed by atoms with Crippen LogP contribution in [0.1, 0.15) is 69.8 Å². The van der Waals surface area contributed by atoms with E-state index in [1.807, 2.05) is 18.5 Å². The van der Waals surface area contributed by atoms with Crippen LogP contribution in [0.4, 0.5) is 0 Å². The number of amides is 1. The van der Waals surface area contributed by atoms with Crippen LogP contribution in [0.2, 0.25) is 0 Å². The molecule has 5 rings (SSSR count). The van der Waals surface area contributed by atoms with Crippen LogP contribution in [0.3, 0.4) is 0 Å². The Balaban J connectivity index is 1.10. The van der Waals surface area contributed by atoms with Crippen LogP contribution in [0.15, 0.2) is 24.5 Å². The summed E-state index contributed by atoms with van der Waals surface area (Å²) in [6, 6.07) is 4.17. The van der Waals surface area contributed by atoms with Gasteiger partial charge in [-0.05, 0) is 76.1 Å². The number of rotatable bonds is 6. The number of carbonyl (C=O) groups excluding carboxylic acids is 1. The molecule has 1 aromatic rings. The quantitative estimate of drug-likeness (QED) is 0.757. The fraction of sp³-hybridized carbons (Fsp3) is 0.760. The van der Waals surface area contributed by atoms with Gasteiger partial charge in [-0.1, -0.05) is 18.9 Å². The highest BCUT2D eigenvalue weighted by Crippen LogP contribution is 2.40. The molecule has 1 unspecified atom stereocenters. The molecule has 4 heterocycles. The van der Waals surface area contributed by atoms with Crippen molar-refractivity contribution in [1.29, 1.82) is 0 Å². The normalized spacial score (nSPS) is 28.3. The maximum absolute atomic E-state index is 13.3. The van der Waals surface area contributed by atoms with E-state index in [0.29, 0.717) is 6.54 Å². The van der Waals surface area contributed by atoms with E-state index in [-0.39, 0.29) is 23.2 Å². The number of hydrogen-bond donors (Lipinski definition) is 1. The van der Waals surface area contributed by atoms with Gasteiger partial charge >= 0.3 is 0 Å². The molecule has 4 aliphatic rings. The summed E-state index contributed by atoms with van der Waals surface area (Å²) >= 11 is 0. The minimum Gasteiger partial charge on any atom is -0.370 e. The monoisotopic (exact) mass is 426 g/mol. The first-order chi connectivity index (χ1) is 15.2. The van der Waals surface area contributed by atoms with E-state index >= 15 is 0 Å². The number of nitrogens with one attached hydrogen (secondary N) is 1. The third kappa shape index (κ3) is 4.53. The summed E-state index contributed by atoms with van der Waals surface area (Å²) in [5.41, 5.74) is 1.08. The Kier molecular flexibility index (Phi) is 6.31. The Morgan fingerprint density at radius 1 is 1.06 bits per heavy atom. The zero-order chi connectivity index (χ0) is 21.2. The number of hydrogen-bond acceptors (Lipinski definition) is 5. The molecule has 0 aromatic carbocycles. The second kappa shape index (κ2) is 9.16. The van der Waals surface area contributed by atoms with Crippen LogP contribution in [0.5, 0.6) is 0 Å². The van der Waals surface area contributed by atoms with E-state index in [1.165, 1.54) is 31.2 Å². The van der Waals surface area contributed by atoms with Crippen LogP contribution in [0.25, 0.3) is 0 Å². The number of piperidine rings is 1. The van der Waals surface area contributed by atoms with Gasteiger partial charge in [0.2, 0.25) is 5.91 Å². The SMILES string of the molecule is O=C(NCC1CCC2(CCN(Cc3cccnc3)CC2)O1)C1(N2CCCC2)CCCC1. The van der Waals surface area contributed by atoms with Gasteiger partial charge in [-0.25, -0.2) is 0 Å². The van der Waals surface area contributed by atoms with Gasteiger partial charge in [0.15, 0.2) is 0 Å². The largest absolute Gasteiger partial charge is 0.370 e. The minimum atomic E-state index is -0.232. The first-order valence-corrected chi connectivity index (χ1v) is 12.5. The van der Waals surface area contributed by atoms with E-state index in [1.54, 1.807) is 0 Å². The van der Waals surface area contributed by atoms with Gasteiger partial charge in [-0.15, -0.1) is 0 Å². The highest BCUT2D eigenvalue weighted by atomic mass is 16.5. The van der Waals surface area contributed by atoms with Gasteiger partial charge in [0, 0.05) is 38.6 Å². The summed E-state index contributed by atoms with van der Waals surface area (Å²) in [6.45, 7) is 5.98. The Morgan fingerprint density at radius 3 is 2.55 bits per heavy atom. The van der Waals surface area contributed by atoms with E-state index < -0.39 is 0 Å². The summed E-state index contributed by atoms with van der Waals surface area (Å²) < 4.78 is 6.59. The Labute approximate surface area is 186 Å².